The number of likely N-dealkylation sites (N-methyl/N-ethyl adjacent to an activating group) is 1. The highest BCUT2D eigenvalue weighted by Crippen LogP contribution is 2.24. The zero-order valence-corrected chi connectivity index (χ0v) is 16.6. The van der Waals surface area contributed by atoms with Crippen molar-refractivity contribution < 1.29 is 14.3 Å². The third kappa shape index (κ3) is 5.02. The van der Waals surface area contributed by atoms with Gasteiger partial charge in [0.05, 0.1) is 25.9 Å². The van der Waals surface area contributed by atoms with Crippen LogP contribution in [0, 0.1) is 0 Å². The molecule has 1 amide bonds. The summed E-state index contributed by atoms with van der Waals surface area (Å²) in [7, 11) is 3.61. The van der Waals surface area contributed by atoms with Gasteiger partial charge in [0.15, 0.2) is 0 Å². The summed E-state index contributed by atoms with van der Waals surface area (Å²) in [6, 6.07) is 19.8. The number of amides is 1. The minimum absolute atomic E-state index is 0.0693. The van der Waals surface area contributed by atoms with Crippen LogP contribution in [0.3, 0.4) is 0 Å². The highest BCUT2D eigenvalue weighted by molar-refractivity contribution is 5.93. The maximum atomic E-state index is 12.4. The largest absolute Gasteiger partial charge is 0.497 e. The van der Waals surface area contributed by atoms with E-state index < -0.39 is 0 Å². The fourth-order valence-electron chi connectivity index (χ4n) is 3.15. The number of benzene rings is 3. The zero-order chi connectivity index (χ0) is 19.9. The highest BCUT2D eigenvalue weighted by Gasteiger charge is 2.11. The molecule has 0 aliphatic carbocycles. The second kappa shape index (κ2) is 9.24. The maximum absolute atomic E-state index is 12.4. The summed E-state index contributed by atoms with van der Waals surface area (Å²) in [6.07, 6.45) is 0. The first kappa shape index (κ1) is 19.7. The number of ether oxygens (including phenoxy) is 2. The average Bonchev–Trinajstić information content (AvgIpc) is 2.69. The second-order valence-corrected chi connectivity index (χ2v) is 6.70. The van der Waals surface area contributed by atoms with Crippen molar-refractivity contribution in [1.29, 1.82) is 0 Å². The Labute approximate surface area is 165 Å². The monoisotopic (exact) mass is 378 g/mol. The van der Waals surface area contributed by atoms with Crippen LogP contribution in [0.5, 0.6) is 11.5 Å². The smallest absolute Gasteiger partial charge is 0.238 e. The number of fused-ring (bicyclic) bond motifs is 1. The lowest BCUT2D eigenvalue weighted by molar-refractivity contribution is -0.117. The van der Waals surface area contributed by atoms with Gasteiger partial charge in [-0.15, -0.1) is 0 Å². The van der Waals surface area contributed by atoms with Crippen molar-refractivity contribution >= 4 is 22.4 Å². The van der Waals surface area contributed by atoms with E-state index in [0.29, 0.717) is 31.1 Å². The van der Waals surface area contributed by atoms with Crippen molar-refractivity contribution in [3.63, 3.8) is 0 Å². The Morgan fingerprint density at radius 2 is 1.79 bits per heavy atom. The molecule has 0 spiro atoms. The number of rotatable bonds is 8. The van der Waals surface area contributed by atoms with Crippen molar-refractivity contribution in [2.24, 2.45) is 0 Å². The van der Waals surface area contributed by atoms with E-state index in [2.05, 4.69) is 29.6 Å². The third-order valence-corrected chi connectivity index (χ3v) is 4.44. The van der Waals surface area contributed by atoms with E-state index >= 15 is 0 Å². The molecule has 1 N–H and O–H groups in total. The molecular formula is C23H26N2O3. The van der Waals surface area contributed by atoms with Gasteiger partial charge in [0.25, 0.3) is 0 Å². The summed E-state index contributed by atoms with van der Waals surface area (Å²) in [4.78, 5) is 14.4. The Hall–Kier alpha value is -3.05. The molecule has 0 bridgehead atoms. The molecule has 0 saturated heterocycles. The van der Waals surface area contributed by atoms with E-state index in [-0.39, 0.29) is 5.91 Å². The van der Waals surface area contributed by atoms with E-state index in [0.717, 1.165) is 22.1 Å². The molecule has 0 atom stereocenters. The molecule has 0 aliphatic rings. The standard InChI is InChI=1S/C23H26N2O3/c1-4-28-22-8-6-5-7-21(22)24-23(26)16-25(2)15-17-9-10-19-14-20(27-3)12-11-18(19)13-17/h5-14H,4,15-16H2,1-3H3,(H,24,26). The van der Waals surface area contributed by atoms with Gasteiger partial charge in [-0.3, -0.25) is 9.69 Å². The van der Waals surface area contributed by atoms with Gasteiger partial charge in [0, 0.05) is 6.54 Å². The molecule has 0 unspecified atom stereocenters. The topological polar surface area (TPSA) is 50.8 Å². The summed E-state index contributed by atoms with van der Waals surface area (Å²) in [5.74, 6) is 1.47. The molecule has 5 heteroatoms. The number of nitrogens with zero attached hydrogens (tertiary/aromatic N) is 1. The van der Waals surface area contributed by atoms with Gasteiger partial charge in [-0.05, 0) is 60.6 Å². The number of carbonyl (C=O) groups excluding carboxylic acids is 1. The molecule has 0 radical (unpaired) electrons. The zero-order valence-electron chi connectivity index (χ0n) is 16.6. The van der Waals surface area contributed by atoms with Crippen molar-refractivity contribution in [1.82, 2.24) is 4.90 Å². The van der Waals surface area contributed by atoms with Crippen LogP contribution < -0.4 is 14.8 Å². The van der Waals surface area contributed by atoms with Gasteiger partial charge in [-0.25, -0.2) is 0 Å². The number of hydrogen-bond acceptors (Lipinski definition) is 4. The highest BCUT2D eigenvalue weighted by atomic mass is 16.5. The molecule has 0 heterocycles. The van der Waals surface area contributed by atoms with Crippen LogP contribution in [-0.4, -0.2) is 38.1 Å². The first-order valence-corrected chi connectivity index (χ1v) is 9.36. The minimum atomic E-state index is -0.0693. The molecule has 0 aliphatic heterocycles. The SMILES string of the molecule is CCOc1ccccc1NC(=O)CN(C)Cc1ccc2cc(OC)ccc2c1. The molecule has 28 heavy (non-hydrogen) atoms. The Balaban J connectivity index is 1.61. The van der Waals surface area contributed by atoms with Crippen molar-refractivity contribution in [2.45, 2.75) is 13.5 Å². The van der Waals surface area contributed by atoms with Crippen LogP contribution in [0.2, 0.25) is 0 Å². The second-order valence-electron chi connectivity index (χ2n) is 6.70. The predicted octanol–water partition coefficient (Wildman–Crippen LogP) is 4.32. The molecule has 3 rings (SSSR count). The Bertz CT molecular complexity index is 955. The normalized spacial score (nSPS) is 10.9. The Kier molecular flexibility index (Phi) is 6.50. The molecular weight excluding hydrogens is 352 g/mol. The summed E-state index contributed by atoms with van der Waals surface area (Å²) >= 11 is 0. The lowest BCUT2D eigenvalue weighted by Crippen LogP contribution is -2.30. The van der Waals surface area contributed by atoms with Crippen molar-refractivity contribution in [3.05, 3.63) is 66.2 Å². The number of anilines is 1. The van der Waals surface area contributed by atoms with Crippen LogP contribution in [0.25, 0.3) is 10.8 Å². The maximum Gasteiger partial charge on any atom is 0.238 e. The molecule has 0 aromatic heterocycles. The lowest BCUT2D eigenvalue weighted by atomic mass is 10.1. The minimum Gasteiger partial charge on any atom is -0.497 e. The molecule has 3 aromatic carbocycles. The first-order valence-electron chi connectivity index (χ1n) is 9.36. The molecule has 5 nitrogen and oxygen atoms in total. The quantitative estimate of drug-likeness (QED) is 0.634. The van der Waals surface area contributed by atoms with E-state index in [1.807, 2.05) is 55.3 Å². The third-order valence-electron chi connectivity index (χ3n) is 4.44. The van der Waals surface area contributed by atoms with E-state index in [4.69, 9.17) is 9.47 Å². The molecule has 0 fully saturated rings. The van der Waals surface area contributed by atoms with Gasteiger partial charge < -0.3 is 14.8 Å². The van der Waals surface area contributed by atoms with E-state index in [9.17, 15) is 4.79 Å². The predicted molar refractivity (Wildman–Crippen MR) is 113 cm³/mol. The molecule has 0 saturated carbocycles. The fourth-order valence-corrected chi connectivity index (χ4v) is 3.15. The molecule has 146 valence electrons. The lowest BCUT2D eigenvalue weighted by Gasteiger charge is -2.18. The van der Waals surface area contributed by atoms with Crippen LogP contribution >= 0.6 is 0 Å². The fraction of sp³-hybridized carbons (Fsp3) is 0.261. The summed E-state index contributed by atoms with van der Waals surface area (Å²) in [6.45, 7) is 3.45. The average molecular weight is 378 g/mol. The van der Waals surface area contributed by atoms with Gasteiger partial charge in [-0.1, -0.05) is 30.3 Å². The van der Waals surface area contributed by atoms with Crippen LogP contribution in [0.15, 0.2) is 60.7 Å². The number of nitrogens with one attached hydrogen (secondary N) is 1. The first-order chi connectivity index (χ1) is 13.6. The summed E-state index contributed by atoms with van der Waals surface area (Å²) in [5.41, 5.74) is 1.85. The van der Waals surface area contributed by atoms with Crippen molar-refractivity contribution in [2.75, 3.05) is 32.6 Å². The van der Waals surface area contributed by atoms with Crippen molar-refractivity contribution in [3.8, 4) is 11.5 Å². The van der Waals surface area contributed by atoms with Gasteiger partial charge in [0.2, 0.25) is 5.91 Å². The van der Waals surface area contributed by atoms with Crippen LogP contribution in [-0.2, 0) is 11.3 Å². The Morgan fingerprint density at radius 3 is 2.57 bits per heavy atom. The van der Waals surface area contributed by atoms with Gasteiger partial charge in [0.1, 0.15) is 11.5 Å². The van der Waals surface area contributed by atoms with Crippen LogP contribution in [0.1, 0.15) is 12.5 Å². The summed E-state index contributed by atoms with van der Waals surface area (Å²) < 4.78 is 10.8. The van der Waals surface area contributed by atoms with Gasteiger partial charge >= 0.3 is 0 Å². The number of para-hydroxylation sites is 2. The van der Waals surface area contributed by atoms with Crippen LogP contribution in [0.4, 0.5) is 5.69 Å². The number of hydrogen-bond donors (Lipinski definition) is 1. The van der Waals surface area contributed by atoms with E-state index in [1.165, 1.54) is 0 Å². The number of methoxy groups -OCH3 is 1. The van der Waals surface area contributed by atoms with E-state index in [1.54, 1.807) is 7.11 Å². The summed E-state index contributed by atoms with van der Waals surface area (Å²) in [5, 5.41) is 5.22. The Morgan fingerprint density at radius 1 is 1.04 bits per heavy atom. The van der Waals surface area contributed by atoms with Gasteiger partial charge in [-0.2, -0.15) is 0 Å². The molecule has 3 aromatic rings. The number of carbonyl (C=O) groups is 1.